The summed E-state index contributed by atoms with van der Waals surface area (Å²) in [4.78, 5) is 3.30. The normalized spacial score (nSPS) is 13.3. The lowest BCUT2D eigenvalue weighted by atomic mass is 10.0. The van der Waals surface area contributed by atoms with Crippen LogP contribution in [0.5, 0.6) is 0 Å². The highest BCUT2D eigenvalue weighted by atomic mass is 16.3. The molecule has 15 heavy (non-hydrogen) atoms. The van der Waals surface area contributed by atoms with E-state index in [-0.39, 0.29) is 6.10 Å². The minimum atomic E-state index is -0.222. The molecule has 0 aliphatic heterocycles. The Hall–Kier alpha value is -1.28. The van der Waals surface area contributed by atoms with E-state index in [1.807, 2.05) is 6.92 Å². The van der Waals surface area contributed by atoms with Crippen LogP contribution < -0.4 is 0 Å². The van der Waals surface area contributed by atoms with E-state index < -0.39 is 0 Å². The Kier molecular flexibility index (Phi) is 2.78. The van der Waals surface area contributed by atoms with Crippen molar-refractivity contribution in [3.8, 4) is 0 Å². The molecule has 1 heterocycles. The van der Waals surface area contributed by atoms with Crippen molar-refractivity contribution in [3.63, 3.8) is 0 Å². The van der Waals surface area contributed by atoms with E-state index in [0.29, 0.717) is 0 Å². The molecule has 0 spiro atoms. The molecular formula is C13H17NO. The van der Waals surface area contributed by atoms with Gasteiger partial charge < -0.3 is 10.1 Å². The fourth-order valence-electron chi connectivity index (χ4n) is 1.94. The molecule has 2 nitrogen and oxygen atoms in total. The van der Waals surface area contributed by atoms with Gasteiger partial charge in [-0.05, 0) is 37.8 Å². The summed E-state index contributed by atoms with van der Waals surface area (Å²) in [5, 5.41) is 10.6. The molecule has 0 amide bonds. The molecule has 1 aromatic heterocycles. The highest BCUT2D eigenvalue weighted by Crippen LogP contribution is 2.22. The van der Waals surface area contributed by atoms with Crippen LogP contribution >= 0.6 is 0 Å². The van der Waals surface area contributed by atoms with Gasteiger partial charge in [0.2, 0.25) is 0 Å². The Morgan fingerprint density at radius 3 is 2.93 bits per heavy atom. The van der Waals surface area contributed by atoms with E-state index in [2.05, 4.69) is 36.3 Å². The van der Waals surface area contributed by atoms with Crippen LogP contribution in [0.4, 0.5) is 0 Å². The van der Waals surface area contributed by atoms with Gasteiger partial charge in [-0.25, -0.2) is 0 Å². The number of aromatic amines is 1. The summed E-state index contributed by atoms with van der Waals surface area (Å²) in [6.45, 7) is 3.94. The average molecular weight is 203 g/mol. The standard InChI is InChI=1S/C13H17NO/c1-9-4-3-5-12-11(7-6-10(2)15)8-14-13(9)12/h3-5,8,10,14-15H,6-7H2,1-2H3/t10-/m1/s1. The summed E-state index contributed by atoms with van der Waals surface area (Å²) in [7, 11) is 0. The molecule has 2 heteroatoms. The minimum Gasteiger partial charge on any atom is -0.393 e. The van der Waals surface area contributed by atoms with Crippen molar-refractivity contribution >= 4 is 10.9 Å². The summed E-state index contributed by atoms with van der Waals surface area (Å²) in [6, 6.07) is 6.32. The number of aliphatic hydroxyl groups is 1. The van der Waals surface area contributed by atoms with Crippen molar-refractivity contribution < 1.29 is 5.11 Å². The van der Waals surface area contributed by atoms with Gasteiger partial charge in [-0.15, -0.1) is 0 Å². The molecule has 1 aromatic carbocycles. The van der Waals surface area contributed by atoms with E-state index in [0.717, 1.165) is 12.8 Å². The number of hydrogen-bond donors (Lipinski definition) is 2. The SMILES string of the molecule is Cc1cccc2c(CC[C@@H](C)O)c[nH]c12. The van der Waals surface area contributed by atoms with E-state index in [4.69, 9.17) is 0 Å². The maximum absolute atomic E-state index is 9.27. The molecule has 1 atom stereocenters. The van der Waals surface area contributed by atoms with E-state index in [9.17, 15) is 5.11 Å². The number of H-pyrrole nitrogens is 1. The monoisotopic (exact) mass is 203 g/mol. The number of nitrogens with one attached hydrogen (secondary N) is 1. The van der Waals surface area contributed by atoms with Gasteiger partial charge in [-0.2, -0.15) is 0 Å². The number of rotatable bonds is 3. The predicted octanol–water partition coefficient (Wildman–Crippen LogP) is 2.79. The fourth-order valence-corrected chi connectivity index (χ4v) is 1.94. The molecule has 2 N–H and O–H groups in total. The van der Waals surface area contributed by atoms with Gasteiger partial charge in [0.25, 0.3) is 0 Å². The number of para-hydroxylation sites is 1. The lowest BCUT2D eigenvalue weighted by molar-refractivity contribution is 0.185. The molecule has 0 bridgehead atoms. The minimum absolute atomic E-state index is 0.222. The molecule has 0 saturated carbocycles. The third kappa shape index (κ3) is 2.05. The Morgan fingerprint density at radius 2 is 2.20 bits per heavy atom. The quantitative estimate of drug-likeness (QED) is 0.790. The Balaban J connectivity index is 2.33. The zero-order chi connectivity index (χ0) is 10.8. The van der Waals surface area contributed by atoms with E-state index >= 15 is 0 Å². The van der Waals surface area contributed by atoms with Gasteiger partial charge in [0.05, 0.1) is 6.10 Å². The summed E-state index contributed by atoms with van der Waals surface area (Å²) in [5.74, 6) is 0. The van der Waals surface area contributed by atoms with Crippen LogP contribution in [-0.2, 0) is 6.42 Å². The summed E-state index contributed by atoms with van der Waals surface area (Å²) in [6.07, 6.45) is 3.59. The molecule has 0 aliphatic carbocycles. The van der Waals surface area contributed by atoms with Gasteiger partial charge in [-0.3, -0.25) is 0 Å². The van der Waals surface area contributed by atoms with Crippen molar-refractivity contribution in [1.29, 1.82) is 0 Å². The first kappa shape index (κ1) is 10.2. The number of hydrogen-bond acceptors (Lipinski definition) is 1. The molecular weight excluding hydrogens is 186 g/mol. The Bertz CT molecular complexity index is 457. The predicted molar refractivity (Wildman–Crippen MR) is 63.0 cm³/mol. The first-order chi connectivity index (χ1) is 7.18. The zero-order valence-corrected chi connectivity index (χ0v) is 9.25. The molecule has 0 fully saturated rings. The fraction of sp³-hybridized carbons (Fsp3) is 0.385. The number of benzene rings is 1. The smallest absolute Gasteiger partial charge is 0.0515 e. The second kappa shape index (κ2) is 4.07. The van der Waals surface area contributed by atoms with E-state index in [1.165, 1.54) is 22.0 Å². The van der Waals surface area contributed by atoms with Crippen molar-refractivity contribution in [3.05, 3.63) is 35.5 Å². The largest absolute Gasteiger partial charge is 0.393 e. The number of aliphatic hydroxyl groups excluding tert-OH is 1. The van der Waals surface area contributed by atoms with Crippen LogP contribution in [0.15, 0.2) is 24.4 Å². The van der Waals surface area contributed by atoms with Crippen LogP contribution in [0.3, 0.4) is 0 Å². The van der Waals surface area contributed by atoms with Crippen molar-refractivity contribution in [1.82, 2.24) is 4.98 Å². The third-order valence-electron chi connectivity index (χ3n) is 2.84. The van der Waals surface area contributed by atoms with Crippen LogP contribution in [0.25, 0.3) is 10.9 Å². The zero-order valence-electron chi connectivity index (χ0n) is 9.25. The molecule has 0 radical (unpaired) electrons. The Labute approximate surface area is 89.9 Å². The van der Waals surface area contributed by atoms with Gasteiger partial charge >= 0.3 is 0 Å². The molecule has 80 valence electrons. The van der Waals surface area contributed by atoms with Crippen molar-refractivity contribution in [2.45, 2.75) is 32.8 Å². The van der Waals surface area contributed by atoms with Gasteiger partial charge in [-0.1, -0.05) is 18.2 Å². The van der Waals surface area contributed by atoms with Gasteiger partial charge in [0.1, 0.15) is 0 Å². The molecule has 0 aliphatic rings. The maximum atomic E-state index is 9.27. The van der Waals surface area contributed by atoms with Crippen LogP contribution in [0, 0.1) is 6.92 Å². The number of fused-ring (bicyclic) bond motifs is 1. The van der Waals surface area contributed by atoms with Crippen molar-refractivity contribution in [2.75, 3.05) is 0 Å². The summed E-state index contributed by atoms with van der Waals surface area (Å²) >= 11 is 0. The second-order valence-electron chi connectivity index (χ2n) is 4.20. The maximum Gasteiger partial charge on any atom is 0.0515 e. The third-order valence-corrected chi connectivity index (χ3v) is 2.84. The first-order valence-electron chi connectivity index (χ1n) is 5.42. The summed E-state index contributed by atoms with van der Waals surface area (Å²) < 4.78 is 0. The summed E-state index contributed by atoms with van der Waals surface area (Å²) in [5.41, 5.74) is 3.79. The molecule has 0 unspecified atom stereocenters. The number of aryl methyl sites for hydroxylation is 2. The molecule has 2 aromatic rings. The van der Waals surface area contributed by atoms with Crippen LogP contribution in [-0.4, -0.2) is 16.2 Å². The van der Waals surface area contributed by atoms with Crippen LogP contribution in [0.1, 0.15) is 24.5 Å². The van der Waals surface area contributed by atoms with Gasteiger partial charge in [0, 0.05) is 17.1 Å². The van der Waals surface area contributed by atoms with Gasteiger partial charge in [0.15, 0.2) is 0 Å². The molecule has 2 rings (SSSR count). The number of aromatic nitrogens is 1. The lowest BCUT2D eigenvalue weighted by Crippen LogP contribution is -2.00. The van der Waals surface area contributed by atoms with Crippen LogP contribution in [0.2, 0.25) is 0 Å². The first-order valence-corrected chi connectivity index (χ1v) is 5.42. The lowest BCUT2D eigenvalue weighted by Gasteiger charge is -2.02. The highest BCUT2D eigenvalue weighted by molar-refractivity contribution is 5.85. The average Bonchev–Trinajstić information content (AvgIpc) is 2.59. The van der Waals surface area contributed by atoms with E-state index in [1.54, 1.807) is 0 Å². The highest BCUT2D eigenvalue weighted by Gasteiger charge is 2.05. The van der Waals surface area contributed by atoms with Crippen molar-refractivity contribution in [2.24, 2.45) is 0 Å². The second-order valence-corrected chi connectivity index (χ2v) is 4.20. The topological polar surface area (TPSA) is 36.0 Å². The Morgan fingerprint density at radius 1 is 1.40 bits per heavy atom. The molecule has 0 saturated heterocycles.